The van der Waals surface area contributed by atoms with Gasteiger partial charge in [0.1, 0.15) is 5.75 Å². The summed E-state index contributed by atoms with van der Waals surface area (Å²) in [6, 6.07) is 5.64. The molecule has 0 radical (unpaired) electrons. The smallest absolute Gasteiger partial charge is 0.157 e. The molecule has 0 unspecified atom stereocenters. The largest absolute Gasteiger partial charge is 0.496 e. The van der Waals surface area contributed by atoms with Gasteiger partial charge >= 0.3 is 0 Å². The highest BCUT2D eigenvalue weighted by Gasteiger charge is 2.27. The maximum atomic E-state index is 6.17. The van der Waals surface area contributed by atoms with Crippen molar-refractivity contribution in [3.05, 3.63) is 28.8 Å². The lowest BCUT2D eigenvalue weighted by molar-refractivity contribution is 0.410. The lowest BCUT2D eigenvalue weighted by Gasteiger charge is -2.16. The molecule has 5 heteroatoms. The molecule has 1 aliphatic rings. The molecule has 2 rings (SSSR count). The van der Waals surface area contributed by atoms with Crippen molar-refractivity contribution in [2.45, 2.75) is 25.9 Å². The van der Waals surface area contributed by atoms with Crippen LogP contribution in [0.3, 0.4) is 0 Å². The third kappa shape index (κ3) is 3.12. The van der Waals surface area contributed by atoms with Gasteiger partial charge < -0.3 is 10.1 Å². The van der Waals surface area contributed by atoms with Gasteiger partial charge in [0.2, 0.25) is 0 Å². The van der Waals surface area contributed by atoms with E-state index in [1.54, 1.807) is 18.9 Å². The van der Waals surface area contributed by atoms with Gasteiger partial charge in [0.25, 0.3) is 0 Å². The first-order chi connectivity index (χ1) is 8.52. The zero-order valence-electron chi connectivity index (χ0n) is 10.8. The fourth-order valence-electron chi connectivity index (χ4n) is 1.73. The molecule has 0 atom stereocenters. The second-order valence-electron chi connectivity index (χ2n) is 4.84. The van der Waals surface area contributed by atoms with Crippen molar-refractivity contribution in [1.82, 2.24) is 5.32 Å². The summed E-state index contributed by atoms with van der Waals surface area (Å²) in [6.07, 6.45) is 0. The SMILES string of the molecule is COc1cccc(Cl)c1CN=C1NC(C)(C)CS1. The Morgan fingerprint density at radius 2 is 2.28 bits per heavy atom. The molecule has 0 saturated carbocycles. The number of amidine groups is 1. The van der Waals surface area contributed by atoms with E-state index >= 15 is 0 Å². The fraction of sp³-hybridized carbons (Fsp3) is 0.462. The zero-order valence-corrected chi connectivity index (χ0v) is 12.4. The van der Waals surface area contributed by atoms with Crippen molar-refractivity contribution >= 4 is 28.5 Å². The number of hydrogen-bond acceptors (Lipinski definition) is 3. The van der Waals surface area contributed by atoms with E-state index in [2.05, 4.69) is 24.2 Å². The van der Waals surface area contributed by atoms with E-state index in [-0.39, 0.29) is 5.54 Å². The molecular formula is C13H17ClN2OS. The Bertz CT molecular complexity index is 474. The minimum Gasteiger partial charge on any atom is -0.496 e. The van der Waals surface area contributed by atoms with Crippen LogP contribution >= 0.6 is 23.4 Å². The topological polar surface area (TPSA) is 33.6 Å². The van der Waals surface area contributed by atoms with E-state index in [1.807, 2.05) is 18.2 Å². The summed E-state index contributed by atoms with van der Waals surface area (Å²) in [7, 11) is 1.65. The van der Waals surface area contributed by atoms with Gasteiger partial charge in [-0.3, -0.25) is 4.99 Å². The summed E-state index contributed by atoms with van der Waals surface area (Å²) in [5, 5.41) is 5.06. The predicted octanol–water partition coefficient (Wildman–Crippen LogP) is 3.32. The van der Waals surface area contributed by atoms with Crippen LogP contribution in [0.1, 0.15) is 19.4 Å². The van der Waals surface area contributed by atoms with E-state index < -0.39 is 0 Å². The molecule has 18 heavy (non-hydrogen) atoms. The first kappa shape index (κ1) is 13.6. The molecule has 0 aromatic heterocycles. The Hall–Kier alpha value is -0.870. The van der Waals surface area contributed by atoms with Crippen molar-refractivity contribution in [2.75, 3.05) is 12.9 Å². The molecule has 0 aliphatic carbocycles. The van der Waals surface area contributed by atoms with Crippen LogP contribution in [0.15, 0.2) is 23.2 Å². The molecule has 1 heterocycles. The van der Waals surface area contributed by atoms with Crippen molar-refractivity contribution in [3.8, 4) is 5.75 Å². The zero-order chi connectivity index (χ0) is 13.2. The maximum Gasteiger partial charge on any atom is 0.157 e. The molecule has 98 valence electrons. The number of halogens is 1. The quantitative estimate of drug-likeness (QED) is 0.924. The van der Waals surface area contributed by atoms with Crippen LogP contribution < -0.4 is 10.1 Å². The molecule has 1 aromatic carbocycles. The molecule has 0 bridgehead atoms. The summed E-state index contributed by atoms with van der Waals surface area (Å²) in [5.41, 5.74) is 1.05. The second kappa shape index (κ2) is 5.41. The number of ether oxygens (including phenoxy) is 1. The Kier molecular flexibility index (Phi) is 4.07. The lowest BCUT2D eigenvalue weighted by Crippen LogP contribution is -2.36. The lowest BCUT2D eigenvalue weighted by atomic mass is 10.1. The molecule has 1 saturated heterocycles. The fourth-order valence-corrected chi connectivity index (χ4v) is 3.03. The molecular weight excluding hydrogens is 268 g/mol. The number of hydrogen-bond donors (Lipinski definition) is 1. The standard InChI is InChI=1S/C13H17ClN2OS/c1-13(2)8-18-12(16-13)15-7-9-10(14)5-4-6-11(9)17-3/h4-6H,7-8H2,1-3H3,(H,15,16). The van der Waals surface area contributed by atoms with Crippen LogP contribution in [0.25, 0.3) is 0 Å². The van der Waals surface area contributed by atoms with Crippen LogP contribution in [0, 0.1) is 0 Å². The van der Waals surface area contributed by atoms with Crippen LogP contribution in [0.4, 0.5) is 0 Å². The van der Waals surface area contributed by atoms with E-state index in [9.17, 15) is 0 Å². The summed E-state index contributed by atoms with van der Waals surface area (Å²) in [5.74, 6) is 1.82. The normalized spacial score (nSPS) is 19.9. The molecule has 1 N–H and O–H groups in total. The highest BCUT2D eigenvalue weighted by molar-refractivity contribution is 8.14. The number of methoxy groups -OCH3 is 1. The van der Waals surface area contributed by atoms with Crippen LogP contribution in [-0.2, 0) is 6.54 Å². The minimum absolute atomic E-state index is 0.119. The van der Waals surface area contributed by atoms with Gasteiger partial charge in [-0.1, -0.05) is 29.4 Å². The maximum absolute atomic E-state index is 6.17. The Labute approximate surface area is 117 Å². The third-order valence-electron chi connectivity index (χ3n) is 2.69. The van der Waals surface area contributed by atoms with Gasteiger partial charge in [-0.15, -0.1) is 0 Å². The van der Waals surface area contributed by atoms with Crippen LogP contribution in [0.2, 0.25) is 5.02 Å². The molecule has 3 nitrogen and oxygen atoms in total. The highest BCUT2D eigenvalue weighted by Crippen LogP contribution is 2.28. The average Bonchev–Trinajstić information content (AvgIpc) is 2.67. The molecule has 0 spiro atoms. The van der Waals surface area contributed by atoms with E-state index in [1.165, 1.54) is 0 Å². The molecule has 1 aromatic rings. The Morgan fingerprint density at radius 1 is 1.50 bits per heavy atom. The number of nitrogens with one attached hydrogen (secondary N) is 1. The van der Waals surface area contributed by atoms with Crippen molar-refractivity contribution < 1.29 is 4.74 Å². The van der Waals surface area contributed by atoms with Crippen molar-refractivity contribution in [3.63, 3.8) is 0 Å². The second-order valence-corrected chi connectivity index (χ2v) is 6.21. The predicted molar refractivity (Wildman–Crippen MR) is 78.8 cm³/mol. The average molecular weight is 285 g/mol. The van der Waals surface area contributed by atoms with Gasteiger partial charge in [-0.2, -0.15) is 0 Å². The summed E-state index contributed by atoms with van der Waals surface area (Å²) in [6.45, 7) is 4.87. The number of rotatable bonds is 3. The van der Waals surface area contributed by atoms with E-state index in [0.717, 1.165) is 22.2 Å². The summed E-state index contributed by atoms with van der Waals surface area (Å²) >= 11 is 7.92. The van der Waals surface area contributed by atoms with Gasteiger partial charge in [0, 0.05) is 21.9 Å². The monoisotopic (exact) mass is 284 g/mol. The number of thioether (sulfide) groups is 1. The first-order valence-electron chi connectivity index (χ1n) is 5.79. The first-order valence-corrected chi connectivity index (χ1v) is 7.15. The van der Waals surface area contributed by atoms with Gasteiger partial charge in [0.15, 0.2) is 5.17 Å². The molecule has 1 fully saturated rings. The minimum atomic E-state index is 0.119. The van der Waals surface area contributed by atoms with Gasteiger partial charge in [-0.05, 0) is 26.0 Å². The van der Waals surface area contributed by atoms with Crippen LogP contribution in [0.5, 0.6) is 5.75 Å². The molecule has 0 amide bonds. The number of benzene rings is 1. The third-order valence-corrected chi connectivity index (χ3v) is 4.42. The number of aliphatic imine (C=N–C) groups is 1. The summed E-state index contributed by atoms with van der Waals surface area (Å²) in [4.78, 5) is 4.56. The van der Waals surface area contributed by atoms with Crippen molar-refractivity contribution in [2.24, 2.45) is 4.99 Å². The van der Waals surface area contributed by atoms with Crippen LogP contribution in [-0.4, -0.2) is 23.6 Å². The number of nitrogens with zero attached hydrogens (tertiary/aromatic N) is 1. The van der Waals surface area contributed by atoms with Gasteiger partial charge in [0.05, 0.1) is 13.7 Å². The van der Waals surface area contributed by atoms with E-state index in [0.29, 0.717) is 11.6 Å². The highest BCUT2D eigenvalue weighted by atomic mass is 35.5. The van der Waals surface area contributed by atoms with Gasteiger partial charge in [-0.25, -0.2) is 0 Å². The molecule has 1 aliphatic heterocycles. The summed E-state index contributed by atoms with van der Waals surface area (Å²) < 4.78 is 5.30. The Morgan fingerprint density at radius 3 is 2.89 bits per heavy atom. The van der Waals surface area contributed by atoms with E-state index in [4.69, 9.17) is 16.3 Å². The Balaban J connectivity index is 2.13. The van der Waals surface area contributed by atoms with Crippen molar-refractivity contribution in [1.29, 1.82) is 0 Å².